The van der Waals surface area contributed by atoms with Crippen LogP contribution in [0.5, 0.6) is 0 Å². The first-order valence-corrected chi connectivity index (χ1v) is 11.8. The summed E-state index contributed by atoms with van der Waals surface area (Å²) in [6.45, 7) is 7.64. The minimum absolute atomic E-state index is 0.0850. The molecule has 1 saturated carbocycles. The molecule has 0 bridgehead atoms. The fraction of sp³-hybridized carbons (Fsp3) is 0.462. The Labute approximate surface area is 190 Å². The largest absolute Gasteiger partial charge is 0.331 e. The van der Waals surface area contributed by atoms with Gasteiger partial charge in [-0.1, -0.05) is 56.5 Å². The second-order valence-corrected chi connectivity index (χ2v) is 9.63. The molecule has 0 aliphatic heterocycles. The molecule has 4 nitrogen and oxygen atoms in total. The van der Waals surface area contributed by atoms with E-state index >= 15 is 0 Å². The lowest BCUT2D eigenvalue weighted by Crippen LogP contribution is -2.34. The van der Waals surface area contributed by atoms with Gasteiger partial charge in [0.1, 0.15) is 5.82 Å². The molecular formula is C26H32ClN3O. The van der Waals surface area contributed by atoms with Crippen molar-refractivity contribution in [2.75, 3.05) is 6.54 Å². The Balaban J connectivity index is 1.73. The van der Waals surface area contributed by atoms with Crippen molar-refractivity contribution >= 4 is 28.5 Å². The molecule has 2 aromatic carbocycles. The predicted molar refractivity (Wildman–Crippen MR) is 128 cm³/mol. The van der Waals surface area contributed by atoms with Gasteiger partial charge in [-0.2, -0.15) is 0 Å². The maximum absolute atomic E-state index is 13.6. The van der Waals surface area contributed by atoms with E-state index in [9.17, 15) is 4.79 Å². The molecule has 0 N–H and O–H groups in total. The highest BCUT2D eigenvalue weighted by molar-refractivity contribution is 6.31. The Morgan fingerprint density at radius 1 is 1.19 bits per heavy atom. The SMILES string of the molecule is Cc1ccccc1C(=O)N(CCC(C)C)Cc1nc2ccc(Cl)cc2n1C1CCCC1. The topological polar surface area (TPSA) is 38.1 Å². The fourth-order valence-electron chi connectivity index (χ4n) is 4.62. The van der Waals surface area contributed by atoms with E-state index < -0.39 is 0 Å². The molecule has 1 aliphatic rings. The average Bonchev–Trinajstić information content (AvgIpc) is 3.38. The third kappa shape index (κ3) is 4.79. The van der Waals surface area contributed by atoms with Crippen LogP contribution in [0.2, 0.25) is 5.02 Å². The van der Waals surface area contributed by atoms with Crippen LogP contribution >= 0.6 is 11.6 Å². The standard InChI is InChI=1S/C26H32ClN3O/c1-18(2)14-15-29(26(31)22-11-7-4-8-19(22)3)17-25-28-23-13-12-20(27)16-24(23)30(25)21-9-5-6-10-21/h4,7-8,11-13,16,18,21H,5-6,9-10,14-15,17H2,1-3H3. The van der Waals surface area contributed by atoms with E-state index in [1.807, 2.05) is 54.3 Å². The highest BCUT2D eigenvalue weighted by Crippen LogP contribution is 2.35. The van der Waals surface area contributed by atoms with Gasteiger partial charge in [0.15, 0.2) is 0 Å². The van der Waals surface area contributed by atoms with Gasteiger partial charge in [0.05, 0.1) is 17.6 Å². The summed E-state index contributed by atoms with van der Waals surface area (Å²) in [6.07, 6.45) is 5.76. The Morgan fingerprint density at radius 3 is 2.65 bits per heavy atom. The fourth-order valence-corrected chi connectivity index (χ4v) is 4.78. The van der Waals surface area contributed by atoms with E-state index in [-0.39, 0.29) is 5.91 Å². The molecule has 4 rings (SSSR count). The van der Waals surface area contributed by atoms with Crippen molar-refractivity contribution < 1.29 is 4.79 Å². The normalized spacial score (nSPS) is 14.6. The Bertz CT molecular complexity index is 1070. The van der Waals surface area contributed by atoms with Crippen LogP contribution < -0.4 is 0 Å². The van der Waals surface area contributed by atoms with E-state index in [0.29, 0.717) is 18.5 Å². The van der Waals surface area contributed by atoms with Gasteiger partial charge >= 0.3 is 0 Å². The van der Waals surface area contributed by atoms with Gasteiger partial charge in [-0.15, -0.1) is 0 Å². The molecule has 1 aromatic heterocycles. The molecule has 3 aromatic rings. The third-order valence-corrected chi connectivity index (χ3v) is 6.62. The van der Waals surface area contributed by atoms with Crippen LogP contribution in [0.25, 0.3) is 11.0 Å². The van der Waals surface area contributed by atoms with Crippen molar-refractivity contribution in [2.45, 2.75) is 65.5 Å². The lowest BCUT2D eigenvalue weighted by molar-refractivity contribution is 0.0727. The molecule has 0 spiro atoms. The minimum Gasteiger partial charge on any atom is -0.331 e. The van der Waals surface area contributed by atoms with Crippen LogP contribution in [0, 0.1) is 12.8 Å². The first-order valence-electron chi connectivity index (χ1n) is 11.5. The number of hydrogen-bond acceptors (Lipinski definition) is 2. The number of rotatable bonds is 7. The lowest BCUT2D eigenvalue weighted by atomic mass is 10.1. The van der Waals surface area contributed by atoms with E-state index in [1.54, 1.807) is 0 Å². The van der Waals surface area contributed by atoms with E-state index in [1.165, 1.54) is 12.8 Å². The van der Waals surface area contributed by atoms with E-state index in [2.05, 4.69) is 18.4 Å². The molecular weight excluding hydrogens is 406 g/mol. The molecule has 0 saturated heterocycles. The molecule has 164 valence electrons. The zero-order valence-corrected chi connectivity index (χ0v) is 19.5. The summed E-state index contributed by atoms with van der Waals surface area (Å²) in [4.78, 5) is 20.5. The number of imidazole rings is 1. The summed E-state index contributed by atoms with van der Waals surface area (Å²) >= 11 is 6.34. The molecule has 1 fully saturated rings. The number of amides is 1. The summed E-state index contributed by atoms with van der Waals surface area (Å²) < 4.78 is 2.36. The van der Waals surface area contributed by atoms with Crippen molar-refractivity contribution in [3.63, 3.8) is 0 Å². The molecule has 31 heavy (non-hydrogen) atoms. The third-order valence-electron chi connectivity index (χ3n) is 6.39. The molecule has 1 amide bonds. The Morgan fingerprint density at radius 2 is 1.94 bits per heavy atom. The van der Waals surface area contributed by atoms with Crippen LogP contribution in [0.1, 0.15) is 73.7 Å². The maximum Gasteiger partial charge on any atom is 0.254 e. The van der Waals surface area contributed by atoms with Crippen LogP contribution in [-0.4, -0.2) is 26.9 Å². The van der Waals surface area contributed by atoms with Crippen LogP contribution in [0.3, 0.4) is 0 Å². The highest BCUT2D eigenvalue weighted by Gasteiger charge is 2.26. The number of carbonyl (C=O) groups is 1. The number of halogens is 1. The molecule has 1 aliphatic carbocycles. The molecule has 1 heterocycles. The van der Waals surface area contributed by atoms with Gasteiger partial charge in [0.25, 0.3) is 5.91 Å². The Hall–Kier alpha value is -2.33. The number of fused-ring (bicyclic) bond motifs is 1. The van der Waals surface area contributed by atoms with Crippen molar-refractivity contribution in [2.24, 2.45) is 5.92 Å². The van der Waals surface area contributed by atoms with Gasteiger partial charge in [0, 0.05) is 23.2 Å². The van der Waals surface area contributed by atoms with Crippen molar-refractivity contribution in [1.29, 1.82) is 0 Å². The maximum atomic E-state index is 13.6. The summed E-state index contributed by atoms with van der Waals surface area (Å²) in [5, 5.41) is 0.728. The van der Waals surface area contributed by atoms with Crippen LogP contribution in [0.15, 0.2) is 42.5 Å². The number of aryl methyl sites for hydroxylation is 1. The zero-order valence-electron chi connectivity index (χ0n) is 18.8. The van der Waals surface area contributed by atoms with Gasteiger partial charge in [-0.05, 0) is 61.9 Å². The van der Waals surface area contributed by atoms with Crippen molar-refractivity contribution in [3.05, 3.63) is 64.4 Å². The molecule has 5 heteroatoms. The summed E-state index contributed by atoms with van der Waals surface area (Å²) in [5.41, 5.74) is 3.83. The zero-order chi connectivity index (χ0) is 22.0. The Kier molecular flexibility index (Phi) is 6.66. The first-order chi connectivity index (χ1) is 14.9. The lowest BCUT2D eigenvalue weighted by Gasteiger charge is -2.26. The monoisotopic (exact) mass is 437 g/mol. The number of carbonyl (C=O) groups excluding carboxylic acids is 1. The summed E-state index contributed by atoms with van der Waals surface area (Å²) in [7, 11) is 0. The van der Waals surface area contributed by atoms with Crippen molar-refractivity contribution in [1.82, 2.24) is 14.5 Å². The van der Waals surface area contributed by atoms with Gasteiger partial charge in [-0.25, -0.2) is 4.98 Å². The van der Waals surface area contributed by atoms with Gasteiger partial charge in [-0.3, -0.25) is 4.79 Å². The van der Waals surface area contributed by atoms with E-state index in [0.717, 1.165) is 58.8 Å². The smallest absolute Gasteiger partial charge is 0.254 e. The molecule has 0 unspecified atom stereocenters. The second kappa shape index (κ2) is 9.44. The molecule has 0 radical (unpaired) electrons. The predicted octanol–water partition coefficient (Wildman–Crippen LogP) is 6.80. The first kappa shape index (κ1) is 21.9. The van der Waals surface area contributed by atoms with E-state index in [4.69, 9.17) is 16.6 Å². The van der Waals surface area contributed by atoms with Crippen LogP contribution in [-0.2, 0) is 6.54 Å². The van der Waals surface area contributed by atoms with Crippen LogP contribution in [0.4, 0.5) is 0 Å². The van der Waals surface area contributed by atoms with Crippen molar-refractivity contribution in [3.8, 4) is 0 Å². The number of hydrogen-bond donors (Lipinski definition) is 0. The number of benzene rings is 2. The minimum atomic E-state index is 0.0850. The molecule has 0 atom stereocenters. The quantitative estimate of drug-likeness (QED) is 0.407. The second-order valence-electron chi connectivity index (χ2n) is 9.19. The highest BCUT2D eigenvalue weighted by atomic mass is 35.5. The average molecular weight is 438 g/mol. The number of aromatic nitrogens is 2. The van der Waals surface area contributed by atoms with Gasteiger partial charge in [0.2, 0.25) is 0 Å². The number of nitrogens with zero attached hydrogens (tertiary/aromatic N) is 3. The summed E-state index contributed by atoms with van der Waals surface area (Å²) in [6, 6.07) is 14.2. The van der Waals surface area contributed by atoms with Gasteiger partial charge < -0.3 is 9.47 Å². The summed E-state index contributed by atoms with van der Waals surface area (Å²) in [5.74, 6) is 1.58.